The molecule has 0 atom stereocenters. The molecule has 0 saturated carbocycles. The van der Waals surface area contributed by atoms with Crippen LogP contribution >= 0.6 is 0 Å². The Balaban J connectivity index is 3.08. The van der Waals surface area contributed by atoms with Crippen LogP contribution in [0.4, 0.5) is 24.8 Å². The first kappa shape index (κ1) is 14.5. The molecule has 102 valence electrons. The third-order valence-corrected chi connectivity index (χ3v) is 2.99. The van der Waals surface area contributed by atoms with Gasteiger partial charge in [-0.1, -0.05) is 13.8 Å². The van der Waals surface area contributed by atoms with E-state index < -0.39 is 12.0 Å². The fourth-order valence-electron chi connectivity index (χ4n) is 1.39. The first-order valence-electron chi connectivity index (χ1n) is 5.70. The van der Waals surface area contributed by atoms with Crippen molar-refractivity contribution in [3.8, 4) is 0 Å². The number of halogens is 3. The summed E-state index contributed by atoms with van der Waals surface area (Å²) in [4.78, 5) is 6.65. The molecule has 1 heterocycles. The highest BCUT2D eigenvalue weighted by Crippen LogP contribution is 2.29. The highest BCUT2D eigenvalue weighted by Gasteiger charge is 2.35. The zero-order valence-corrected chi connectivity index (χ0v) is 10.6. The van der Waals surface area contributed by atoms with Crippen LogP contribution in [0.5, 0.6) is 0 Å². The molecular weight excluding hydrogens is 245 g/mol. The maximum Gasteiger partial charge on any atom is 0.451 e. The minimum Gasteiger partial charge on any atom is -0.384 e. The lowest BCUT2D eigenvalue weighted by Gasteiger charge is -2.29. The van der Waals surface area contributed by atoms with Crippen LogP contribution in [0, 0.1) is 0 Å². The van der Waals surface area contributed by atoms with Crippen LogP contribution in [-0.2, 0) is 6.18 Å². The summed E-state index contributed by atoms with van der Waals surface area (Å²) in [5, 5.41) is 2.98. The molecule has 0 saturated heterocycles. The highest BCUT2D eigenvalue weighted by molar-refractivity contribution is 5.46. The SMILES string of the molecule is CCC(C)(CC)Nc1cc(N)nc(C(F)(F)F)n1. The van der Waals surface area contributed by atoms with Crippen LogP contribution in [0.1, 0.15) is 39.4 Å². The van der Waals surface area contributed by atoms with Crippen molar-refractivity contribution in [1.29, 1.82) is 0 Å². The largest absolute Gasteiger partial charge is 0.451 e. The zero-order chi connectivity index (χ0) is 14.0. The Morgan fingerprint density at radius 1 is 1.22 bits per heavy atom. The van der Waals surface area contributed by atoms with Gasteiger partial charge in [-0.15, -0.1) is 0 Å². The van der Waals surface area contributed by atoms with Gasteiger partial charge < -0.3 is 11.1 Å². The molecule has 0 aromatic carbocycles. The van der Waals surface area contributed by atoms with Gasteiger partial charge in [0, 0.05) is 11.6 Å². The number of hydrogen-bond donors (Lipinski definition) is 2. The molecule has 7 heteroatoms. The third-order valence-electron chi connectivity index (χ3n) is 2.99. The van der Waals surface area contributed by atoms with Gasteiger partial charge in [0.1, 0.15) is 11.6 Å². The minimum absolute atomic E-state index is 0.0982. The molecule has 0 aliphatic carbocycles. The van der Waals surface area contributed by atoms with Crippen molar-refractivity contribution >= 4 is 11.6 Å². The van der Waals surface area contributed by atoms with Gasteiger partial charge in [0.25, 0.3) is 0 Å². The van der Waals surface area contributed by atoms with Gasteiger partial charge in [0.2, 0.25) is 5.82 Å². The summed E-state index contributed by atoms with van der Waals surface area (Å²) in [6.07, 6.45) is -3.08. The normalized spacial score (nSPS) is 12.6. The second-order valence-electron chi connectivity index (χ2n) is 4.39. The van der Waals surface area contributed by atoms with E-state index in [9.17, 15) is 13.2 Å². The number of nitrogens with one attached hydrogen (secondary N) is 1. The summed E-state index contributed by atoms with van der Waals surface area (Å²) < 4.78 is 37.6. The van der Waals surface area contributed by atoms with Crippen molar-refractivity contribution in [2.24, 2.45) is 0 Å². The van der Waals surface area contributed by atoms with Crippen molar-refractivity contribution in [3.63, 3.8) is 0 Å². The van der Waals surface area contributed by atoms with Gasteiger partial charge in [-0.2, -0.15) is 13.2 Å². The van der Waals surface area contributed by atoms with Crippen molar-refractivity contribution < 1.29 is 13.2 Å². The number of hydrogen-bond acceptors (Lipinski definition) is 4. The van der Waals surface area contributed by atoms with E-state index in [1.54, 1.807) is 0 Å². The topological polar surface area (TPSA) is 63.8 Å². The highest BCUT2D eigenvalue weighted by atomic mass is 19.4. The Morgan fingerprint density at radius 2 is 1.78 bits per heavy atom. The molecular formula is C11H17F3N4. The fraction of sp³-hybridized carbons (Fsp3) is 0.636. The zero-order valence-electron chi connectivity index (χ0n) is 10.6. The maximum absolute atomic E-state index is 12.5. The maximum atomic E-state index is 12.5. The van der Waals surface area contributed by atoms with E-state index in [2.05, 4.69) is 15.3 Å². The number of anilines is 2. The quantitative estimate of drug-likeness (QED) is 0.875. The first-order chi connectivity index (χ1) is 8.20. The Hall–Kier alpha value is -1.53. The molecule has 0 unspecified atom stereocenters. The van der Waals surface area contributed by atoms with Gasteiger partial charge in [-0.25, -0.2) is 9.97 Å². The lowest BCUT2D eigenvalue weighted by atomic mass is 9.96. The first-order valence-corrected chi connectivity index (χ1v) is 5.70. The number of rotatable bonds is 4. The second kappa shape index (κ2) is 4.99. The van der Waals surface area contributed by atoms with Crippen LogP contribution in [-0.4, -0.2) is 15.5 Å². The fourth-order valence-corrected chi connectivity index (χ4v) is 1.39. The lowest BCUT2D eigenvalue weighted by Crippen LogP contribution is -2.33. The van der Waals surface area contributed by atoms with E-state index in [0.717, 1.165) is 12.8 Å². The molecule has 1 aromatic heterocycles. The van der Waals surface area contributed by atoms with Crippen molar-refractivity contribution in [3.05, 3.63) is 11.9 Å². The molecule has 4 nitrogen and oxygen atoms in total. The minimum atomic E-state index is -4.60. The number of nitrogens with zero attached hydrogens (tertiary/aromatic N) is 2. The van der Waals surface area contributed by atoms with Crippen LogP contribution in [0.15, 0.2) is 6.07 Å². The molecule has 0 spiro atoms. The van der Waals surface area contributed by atoms with E-state index in [1.807, 2.05) is 20.8 Å². The van der Waals surface area contributed by atoms with Gasteiger partial charge in [0.15, 0.2) is 0 Å². The molecule has 3 N–H and O–H groups in total. The third kappa shape index (κ3) is 3.48. The number of alkyl halides is 3. The van der Waals surface area contributed by atoms with Crippen LogP contribution in [0.3, 0.4) is 0 Å². The van der Waals surface area contributed by atoms with Gasteiger partial charge in [-0.05, 0) is 19.8 Å². The monoisotopic (exact) mass is 262 g/mol. The summed E-state index contributed by atoms with van der Waals surface area (Å²) >= 11 is 0. The molecule has 1 aromatic rings. The van der Waals surface area contributed by atoms with E-state index in [4.69, 9.17) is 5.73 Å². The number of nitrogens with two attached hydrogens (primary N) is 1. The van der Waals surface area contributed by atoms with E-state index in [1.165, 1.54) is 6.07 Å². The molecule has 0 fully saturated rings. The Labute approximate surface area is 104 Å². The average molecular weight is 262 g/mol. The summed E-state index contributed by atoms with van der Waals surface area (Å²) in [6, 6.07) is 1.30. The molecule has 0 aliphatic rings. The average Bonchev–Trinajstić information content (AvgIpc) is 2.27. The van der Waals surface area contributed by atoms with Crippen molar-refractivity contribution in [2.45, 2.75) is 45.3 Å². The summed E-state index contributed by atoms with van der Waals surface area (Å²) in [6.45, 7) is 5.82. The standard InChI is InChI=1S/C11H17F3N4/c1-4-10(3,5-2)18-8-6-7(15)16-9(17-8)11(12,13)14/h6H,4-5H2,1-3H3,(H3,15,16,17,18). The van der Waals surface area contributed by atoms with E-state index in [-0.39, 0.29) is 17.2 Å². The predicted octanol–water partition coefficient (Wildman–Crippen LogP) is 3.07. The Kier molecular flexibility index (Phi) is 4.03. The smallest absolute Gasteiger partial charge is 0.384 e. The molecule has 1 rings (SSSR count). The molecule has 0 amide bonds. The van der Waals surface area contributed by atoms with Gasteiger partial charge >= 0.3 is 6.18 Å². The summed E-state index contributed by atoms with van der Waals surface area (Å²) in [7, 11) is 0. The molecule has 0 bridgehead atoms. The lowest BCUT2D eigenvalue weighted by molar-refractivity contribution is -0.144. The van der Waals surface area contributed by atoms with Gasteiger partial charge in [0.05, 0.1) is 0 Å². The number of nitrogen functional groups attached to an aromatic ring is 1. The van der Waals surface area contributed by atoms with Crippen LogP contribution < -0.4 is 11.1 Å². The Morgan fingerprint density at radius 3 is 2.22 bits per heavy atom. The summed E-state index contributed by atoms with van der Waals surface area (Å²) in [5.41, 5.74) is 5.05. The van der Waals surface area contributed by atoms with Crippen molar-refractivity contribution in [2.75, 3.05) is 11.1 Å². The summed E-state index contributed by atoms with van der Waals surface area (Å²) in [5.74, 6) is -1.32. The van der Waals surface area contributed by atoms with Crippen molar-refractivity contribution in [1.82, 2.24) is 9.97 Å². The predicted molar refractivity (Wildman–Crippen MR) is 64.1 cm³/mol. The molecule has 18 heavy (non-hydrogen) atoms. The van der Waals surface area contributed by atoms with Crippen LogP contribution in [0.25, 0.3) is 0 Å². The Bertz CT molecular complexity index is 413. The number of aromatic nitrogens is 2. The molecule has 0 aliphatic heterocycles. The second-order valence-corrected chi connectivity index (χ2v) is 4.39. The van der Waals surface area contributed by atoms with Gasteiger partial charge in [-0.3, -0.25) is 0 Å². The van der Waals surface area contributed by atoms with E-state index in [0.29, 0.717) is 0 Å². The van der Waals surface area contributed by atoms with E-state index >= 15 is 0 Å². The molecule has 0 radical (unpaired) electrons. The van der Waals surface area contributed by atoms with Crippen LogP contribution in [0.2, 0.25) is 0 Å².